The van der Waals surface area contributed by atoms with Crippen LogP contribution >= 0.6 is 11.6 Å². The summed E-state index contributed by atoms with van der Waals surface area (Å²) in [6.07, 6.45) is 1.67. The van der Waals surface area contributed by atoms with Gasteiger partial charge in [0.25, 0.3) is 0 Å². The second kappa shape index (κ2) is 6.51. The van der Waals surface area contributed by atoms with E-state index in [0.29, 0.717) is 11.6 Å². The topological polar surface area (TPSA) is 46.6 Å². The third-order valence-corrected chi connectivity index (χ3v) is 6.30. The molecule has 3 rings (SSSR count). The number of methoxy groups -OCH3 is 1. The molecular formula is C17H18ClNO3S. The van der Waals surface area contributed by atoms with Gasteiger partial charge < -0.3 is 4.74 Å². The van der Waals surface area contributed by atoms with Gasteiger partial charge in [0, 0.05) is 11.6 Å². The number of rotatable bonds is 4. The van der Waals surface area contributed by atoms with Crippen molar-refractivity contribution >= 4 is 21.6 Å². The number of benzene rings is 2. The molecule has 4 nitrogen and oxygen atoms in total. The fraction of sp³-hybridized carbons (Fsp3) is 0.294. The molecular weight excluding hydrogens is 334 g/mol. The van der Waals surface area contributed by atoms with Crippen LogP contribution in [0.3, 0.4) is 0 Å². The van der Waals surface area contributed by atoms with Crippen molar-refractivity contribution in [2.45, 2.75) is 23.8 Å². The van der Waals surface area contributed by atoms with Crippen LogP contribution in [0.1, 0.15) is 24.4 Å². The molecule has 1 saturated heterocycles. The lowest BCUT2D eigenvalue weighted by Gasteiger charge is -2.24. The molecule has 0 bridgehead atoms. The van der Waals surface area contributed by atoms with Crippen molar-refractivity contribution in [3.05, 3.63) is 59.1 Å². The fourth-order valence-corrected chi connectivity index (χ4v) is 4.74. The molecule has 122 valence electrons. The van der Waals surface area contributed by atoms with Gasteiger partial charge in [-0.2, -0.15) is 4.31 Å². The highest BCUT2D eigenvalue weighted by molar-refractivity contribution is 7.89. The number of hydrogen-bond acceptors (Lipinski definition) is 3. The van der Waals surface area contributed by atoms with Gasteiger partial charge in [-0.15, -0.1) is 0 Å². The van der Waals surface area contributed by atoms with Crippen molar-refractivity contribution in [1.82, 2.24) is 4.31 Å². The van der Waals surface area contributed by atoms with E-state index < -0.39 is 10.0 Å². The van der Waals surface area contributed by atoms with Crippen LogP contribution in [0.5, 0.6) is 5.75 Å². The molecule has 0 N–H and O–H groups in total. The maximum Gasteiger partial charge on any atom is 0.243 e. The van der Waals surface area contributed by atoms with Gasteiger partial charge >= 0.3 is 0 Å². The molecule has 1 fully saturated rings. The average Bonchev–Trinajstić information content (AvgIpc) is 3.06. The number of sulfonamides is 1. The molecule has 0 spiro atoms. The molecule has 1 aliphatic heterocycles. The van der Waals surface area contributed by atoms with Crippen LogP contribution in [0.2, 0.25) is 5.02 Å². The molecule has 23 heavy (non-hydrogen) atoms. The van der Waals surface area contributed by atoms with Crippen molar-refractivity contribution in [3.8, 4) is 5.75 Å². The molecule has 0 amide bonds. The Kier molecular flexibility index (Phi) is 4.62. The Hall–Kier alpha value is -1.56. The predicted molar refractivity (Wildman–Crippen MR) is 90.3 cm³/mol. The normalized spacial score (nSPS) is 19.0. The van der Waals surface area contributed by atoms with E-state index in [9.17, 15) is 8.42 Å². The Labute approximate surface area is 141 Å². The van der Waals surface area contributed by atoms with Gasteiger partial charge in [-0.1, -0.05) is 23.7 Å². The van der Waals surface area contributed by atoms with Gasteiger partial charge in [-0.3, -0.25) is 0 Å². The summed E-state index contributed by atoms with van der Waals surface area (Å²) in [5.41, 5.74) is 0.987. The molecule has 2 aromatic rings. The first-order valence-corrected chi connectivity index (χ1v) is 9.25. The summed E-state index contributed by atoms with van der Waals surface area (Å²) in [5, 5.41) is 0.525. The van der Waals surface area contributed by atoms with Crippen molar-refractivity contribution in [2.75, 3.05) is 13.7 Å². The van der Waals surface area contributed by atoms with Crippen molar-refractivity contribution in [1.29, 1.82) is 0 Å². The summed E-state index contributed by atoms with van der Waals surface area (Å²) in [7, 11) is -1.91. The third kappa shape index (κ3) is 3.22. The van der Waals surface area contributed by atoms with E-state index in [1.54, 1.807) is 35.7 Å². The molecule has 6 heteroatoms. The van der Waals surface area contributed by atoms with Crippen LogP contribution in [-0.2, 0) is 10.0 Å². The van der Waals surface area contributed by atoms with E-state index in [1.807, 2.05) is 24.3 Å². The van der Waals surface area contributed by atoms with Crippen molar-refractivity contribution in [2.24, 2.45) is 0 Å². The molecule has 0 radical (unpaired) electrons. The molecule has 1 atom stereocenters. The lowest BCUT2D eigenvalue weighted by atomic mass is 10.1. The standard InChI is InChI=1S/C17H18ClNO3S/c1-22-15-8-4-13(5-9-15)17-3-2-12-19(17)23(20,21)16-10-6-14(18)7-11-16/h4-11,17H,2-3,12H2,1H3/t17-/m1/s1. The third-order valence-electron chi connectivity index (χ3n) is 4.12. The van der Waals surface area contributed by atoms with Crippen LogP contribution in [0.25, 0.3) is 0 Å². The largest absolute Gasteiger partial charge is 0.497 e. The van der Waals surface area contributed by atoms with E-state index >= 15 is 0 Å². The Bertz CT molecular complexity index is 772. The zero-order valence-corrected chi connectivity index (χ0v) is 14.3. The lowest BCUT2D eigenvalue weighted by molar-refractivity contribution is 0.394. The predicted octanol–water partition coefficient (Wildman–Crippen LogP) is 3.87. The van der Waals surface area contributed by atoms with Crippen LogP contribution in [0.4, 0.5) is 0 Å². The Morgan fingerprint density at radius 1 is 1.09 bits per heavy atom. The number of nitrogens with zero attached hydrogens (tertiary/aromatic N) is 1. The van der Waals surface area contributed by atoms with E-state index in [0.717, 1.165) is 24.2 Å². The summed E-state index contributed by atoms with van der Waals surface area (Å²) in [4.78, 5) is 0.280. The Balaban J connectivity index is 1.92. The first-order valence-electron chi connectivity index (χ1n) is 7.44. The van der Waals surface area contributed by atoms with Gasteiger partial charge in [0.1, 0.15) is 5.75 Å². The van der Waals surface area contributed by atoms with E-state index in [1.165, 1.54) is 0 Å². The van der Waals surface area contributed by atoms with E-state index in [4.69, 9.17) is 16.3 Å². The first kappa shape index (κ1) is 16.3. The van der Waals surface area contributed by atoms with Gasteiger partial charge in [-0.25, -0.2) is 8.42 Å². The van der Waals surface area contributed by atoms with Crippen LogP contribution in [0.15, 0.2) is 53.4 Å². The summed E-state index contributed by atoms with van der Waals surface area (Å²) in [6.45, 7) is 0.529. The molecule has 0 unspecified atom stereocenters. The number of hydrogen-bond donors (Lipinski definition) is 0. The highest BCUT2D eigenvalue weighted by Crippen LogP contribution is 2.37. The van der Waals surface area contributed by atoms with Crippen molar-refractivity contribution < 1.29 is 13.2 Å². The molecule has 1 aliphatic rings. The van der Waals surface area contributed by atoms with Gasteiger partial charge in [0.05, 0.1) is 18.0 Å². The summed E-state index contributed by atoms with van der Waals surface area (Å²) in [5.74, 6) is 0.763. The second-order valence-corrected chi connectivity index (χ2v) is 7.83. The molecule has 0 aliphatic carbocycles. The molecule has 0 aromatic heterocycles. The lowest BCUT2D eigenvalue weighted by Crippen LogP contribution is -2.30. The SMILES string of the molecule is COc1ccc([C@H]2CCCN2S(=O)(=O)c2ccc(Cl)cc2)cc1. The number of ether oxygens (including phenoxy) is 1. The van der Waals surface area contributed by atoms with Gasteiger partial charge in [-0.05, 0) is 54.8 Å². The fourth-order valence-electron chi connectivity index (χ4n) is 2.93. The minimum Gasteiger partial charge on any atom is -0.497 e. The van der Waals surface area contributed by atoms with Crippen molar-refractivity contribution in [3.63, 3.8) is 0 Å². The quantitative estimate of drug-likeness (QED) is 0.839. The molecule has 1 heterocycles. The highest BCUT2D eigenvalue weighted by Gasteiger charge is 2.36. The van der Waals surface area contributed by atoms with Crippen LogP contribution in [-0.4, -0.2) is 26.4 Å². The van der Waals surface area contributed by atoms with Gasteiger partial charge in [0.15, 0.2) is 0 Å². The monoisotopic (exact) mass is 351 g/mol. The highest BCUT2D eigenvalue weighted by atomic mass is 35.5. The van der Waals surface area contributed by atoms with Crippen LogP contribution in [0, 0.1) is 0 Å². The van der Waals surface area contributed by atoms with Gasteiger partial charge in [0.2, 0.25) is 10.0 Å². The summed E-state index contributed by atoms with van der Waals surface area (Å²) in [6, 6.07) is 13.8. The Morgan fingerprint density at radius 3 is 2.35 bits per heavy atom. The van der Waals surface area contributed by atoms with E-state index in [-0.39, 0.29) is 10.9 Å². The zero-order chi connectivity index (χ0) is 16.4. The minimum atomic E-state index is -3.53. The molecule has 0 saturated carbocycles. The van der Waals surface area contributed by atoms with E-state index in [2.05, 4.69) is 0 Å². The maximum atomic E-state index is 12.9. The summed E-state index contributed by atoms with van der Waals surface area (Å²) < 4.78 is 32.6. The minimum absolute atomic E-state index is 0.137. The Morgan fingerprint density at radius 2 is 1.74 bits per heavy atom. The smallest absolute Gasteiger partial charge is 0.243 e. The second-order valence-electron chi connectivity index (χ2n) is 5.50. The maximum absolute atomic E-state index is 12.9. The zero-order valence-electron chi connectivity index (χ0n) is 12.8. The first-order chi connectivity index (χ1) is 11.0. The summed E-state index contributed by atoms with van der Waals surface area (Å²) >= 11 is 5.85. The number of halogens is 1. The van der Waals surface area contributed by atoms with Crippen LogP contribution < -0.4 is 4.74 Å². The average molecular weight is 352 g/mol. The molecule has 2 aromatic carbocycles.